The van der Waals surface area contributed by atoms with E-state index in [0.29, 0.717) is 5.92 Å². The normalized spacial score (nSPS) is 32.0. The van der Waals surface area contributed by atoms with Crippen molar-refractivity contribution >= 4 is 5.97 Å². The van der Waals surface area contributed by atoms with Gasteiger partial charge in [0.2, 0.25) is 0 Å². The van der Waals surface area contributed by atoms with E-state index >= 15 is 0 Å². The molecule has 4 atom stereocenters. The van der Waals surface area contributed by atoms with Gasteiger partial charge in [-0.2, -0.15) is 0 Å². The van der Waals surface area contributed by atoms with E-state index in [9.17, 15) is 9.18 Å². The van der Waals surface area contributed by atoms with Crippen LogP contribution in [0.25, 0.3) is 0 Å². The molecule has 0 spiro atoms. The molecule has 2 aliphatic carbocycles. The van der Waals surface area contributed by atoms with E-state index in [4.69, 9.17) is 9.84 Å². The SMILES string of the molecule is CCCCCC1C=CC2=C(OC3C(F)=C(C(=O)O)C=CC23)C1C. The Labute approximate surface area is 136 Å². The Bertz CT molecular complexity index is 627. The molecule has 4 heteroatoms. The van der Waals surface area contributed by atoms with Crippen LogP contribution < -0.4 is 0 Å². The van der Waals surface area contributed by atoms with Gasteiger partial charge in [0, 0.05) is 17.4 Å². The summed E-state index contributed by atoms with van der Waals surface area (Å²) in [6.07, 6.45) is 11.3. The highest BCUT2D eigenvalue weighted by molar-refractivity contribution is 5.91. The summed E-state index contributed by atoms with van der Waals surface area (Å²) in [5, 5.41) is 9.07. The molecule has 0 fully saturated rings. The van der Waals surface area contributed by atoms with Crippen molar-refractivity contribution < 1.29 is 19.0 Å². The standard InChI is InChI=1S/C19H23FO3/c1-3-4-5-6-12-7-8-13-14-9-10-15(19(21)22)16(20)18(14)23-17(13)11(12)2/h7-12,14,18H,3-6H2,1-2H3,(H,21,22). The Morgan fingerprint density at radius 1 is 1.30 bits per heavy atom. The lowest BCUT2D eigenvalue weighted by molar-refractivity contribution is -0.132. The monoisotopic (exact) mass is 318 g/mol. The second kappa shape index (κ2) is 6.34. The molecule has 3 rings (SSSR count). The zero-order valence-corrected chi connectivity index (χ0v) is 13.6. The van der Waals surface area contributed by atoms with E-state index in [0.717, 1.165) is 17.8 Å². The third-order valence-corrected chi connectivity index (χ3v) is 5.15. The lowest BCUT2D eigenvalue weighted by Gasteiger charge is -2.26. The number of carbonyl (C=O) groups is 1. The molecular weight excluding hydrogens is 295 g/mol. The second-order valence-electron chi connectivity index (χ2n) is 6.62. The maximum atomic E-state index is 14.4. The van der Waals surface area contributed by atoms with Crippen LogP contribution in [0.2, 0.25) is 0 Å². The summed E-state index contributed by atoms with van der Waals surface area (Å²) in [5.74, 6) is -0.643. The Morgan fingerprint density at radius 2 is 2.09 bits per heavy atom. The van der Waals surface area contributed by atoms with Gasteiger partial charge in [-0.1, -0.05) is 51.3 Å². The van der Waals surface area contributed by atoms with Crippen LogP contribution in [0.1, 0.15) is 39.5 Å². The van der Waals surface area contributed by atoms with E-state index in [1.807, 2.05) is 0 Å². The van der Waals surface area contributed by atoms with Gasteiger partial charge in [0.05, 0.1) is 5.57 Å². The number of ether oxygens (including phenoxy) is 1. The van der Waals surface area contributed by atoms with Gasteiger partial charge in [-0.15, -0.1) is 0 Å². The predicted molar refractivity (Wildman–Crippen MR) is 86.2 cm³/mol. The number of carboxylic acids is 1. The number of unbranched alkanes of at least 4 members (excludes halogenated alkanes) is 2. The highest BCUT2D eigenvalue weighted by Crippen LogP contribution is 2.47. The van der Waals surface area contributed by atoms with Crippen LogP contribution in [0.3, 0.4) is 0 Å². The molecule has 0 radical (unpaired) electrons. The van der Waals surface area contributed by atoms with Crippen LogP contribution in [-0.2, 0) is 9.53 Å². The number of hydrogen-bond donors (Lipinski definition) is 1. The van der Waals surface area contributed by atoms with Crippen molar-refractivity contribution in [1.82, 2.24) is 0 Å². The van der Waals surface area contributed by atoms with Crippen LogP contribution in [0.4, 0.5) is 4.39 Å². The summed E-state index contributed by atoms with van der Waals surface area (Å²) in [4.78, 5) is 11.1. The van der Waals surface area contributed by atoms with Crippen molar-refractivity contribution in [2.45, 2.75) is 45.6 Å². The molecular formula is C19H23FO3. The Kier molecular flexibility index (Phi) is 4.42. The first-order chi connectivity index (χ1) is 11.0. The summed E-state index contributed by atoms with van der Waals surface area (Å²) in [6, 6.07) is 0. The van der Waals surface area contributed by atoms with Crippen LogP contribution in [0, 0.1) is 17.8 Å². The fourth-order valence-corrected chi connectivity index (χ4v) is 3.75. The Hall–Kier alpha value is -1.84. The molecule has 3 nitrogen and oxygen atoms in total. The van der Waals surface area contributed by atoms with Gasteiger partial charge in [0.1, 0.15) is 5.76 Å². The van der Waals surface area contributed by atoms with Crippen molar-refractivity contribution in [3.05, 3.63) is 47.0 Å². The Balaban J connectivity index is 1.79. The van der Waals surface area contributed by atoms with E-state index in [1.54, 1.807) is 6.08 Å². The highest BCUT2D eigenvalue weighted by atomic mass is 19.1. The average Bonchev–Trinajstić information content (AvgIpc) is 2.90. The third-order valence-electron chi connectivity index (χ3n) is 5.15. The number of carboxylic acid groups (broad SMARTS) is 1. The first-order valence-corrected chi connectivity index (χ1v) is 8.44. The van der Waals surface area contributed by atoms with Crippen molar-refractivity contribution in [3.63, 3.8) is 0 Å². The summed E-state index contributed by atoms with van der Waals surface area (Å²) in [6.45, 7) is 4.31. The molecule has 0 amide bonds. The summed E-state index contributed by atoms with van der Waals surface area (Å²) >= 11 is 0. The number of hydrogen-bond acceptors (Lipinski definition) is 2. The van der Waals surface area contributed by atoms with Gasteiger partial charge < -0.3 is 9.84 Å². The molecule has 1 heterocycles. The molecule has 0 saturated carbocycles. The van der Waals surface area contributed by atoms with Crippen LogP contribution >= 0.6 is 0 Å². The number of fused-ring (bicyclic) bond motifs is 2. The van der Waals surface area contributed by atoms with Crippen molar-refractivity contribution in [3.8, 4) is 0 Å². The van der Waals surface area contributed by atoms with Crippen molar-refractivity contribution in [2.24, 2.45) is 17.8 Å². The lowest BCUT2D eigenvalue weighted by atomic mass is 9.79. The van der Waals surface area contributed by atoms with E-state index in [1.165, 1.54) is 25.3 Å². The molecule has 0 aromatic carbocycles. The number of rotatable bonds is 5. The summed E-state index contributed by atoms with van der Waals surface area (Å²) in [5.41, 5.74) is 0.715. The van der Waals surface area contributed by atoms with E-state index < -0.39 is 17.9 Å². The van der Waals surface area contributed by atoms with Crippen molar-refractivity contribution in [2.75, 3.05) is 0 Å². The summed E-state index contributed by atoms with van der Waals surface area (Å²) in [7, 11) is 0. The zero-order valence-electron chi connectivity index (χ0n) is 13.6. The fraction of sp³-hybridized carbons (Fsp3) is 0.526. The first-order valence-electron chi connectivity index (χ1n) is 8.44. The smallest absolute Gasteiger partial charge is 0.338 e. The van der Waals surface area contributed by atoms with E-state index in [2.05, 4.69) is 26.0 Å². The van der Waals surface area contributed by atoms with Gasteiger partial charge in [0.25, 0.3) is 0 Å². The molecule has 124 valence electrons. The fourth-order valence-electron chi connectivity index (χ4n) is 3.75. The van der Waals surface area contributed by atoms with Crippen LogP contribution in [-0.4, -0.2) is 17.2 Å². The highest BCUT2D eigenvalue weighted by Gasteiger charge is 2.44. The van der Waals surface area contributed by atoms with Crippen LogP contribution in [0.15, 0.2) is 47.0 Å². The number of allylic oxidation sites excluding steroid dienone is 3. The quantitative estimate of drug-likeness (QED) is 0.757. The third kappa shape index (κ3) is 2.75. The van der Waals surface area contributed by atoms with Gasteiger partial charge in [-0.25, -0.2) is 9.18 Å². The molecule has 0 aromatic rings. The van der Waals surface area contributed by atoms with Gasteiger partial charge in [0.15, 0.2) is 11.9 Å². The molecule has 0 aromatic heterocycles. The van der Waals surface area contributed by atoms with E-state index in [-0.39, 0.29) is 17.4 Å². The van der Waals surface area contributed by atoms with Crippen molar-refractivity contribution in [1.29, 1.82) is 0 Å². The minimum atomic E-state index is -1.24. The zero-order chi connectivity index (χ0) is 16.6. The molecule has 4 unspecified atom stereocenters. The summed E-state index contributed by atoms with van der Waals surface area (Å²) < 4.78 is 20.3. The second-order valence-corrected chi connectivity index (χ2v) is 6.62. The topological polar surface area (TPSA) is 46.5 Å². The van der Waals surface area contributed by atoms with Gasteiger partial charge in [-0.3, -0.25) is 0 Å². The predicted octanol–water partition coefficient (Wildman–Crippen LogP) is 4.54. The molecule has 0 saturated heterocycles. The molecule has 1 aliphatic heterocycles. The van der Waals surface area contributed by atoms with Crippen LogP contribution in [0.5, 0.6) is 0 Å². The lowest BCUT2D eigenvalue weighted by Crippen LogP contribution is -2.23. The first kappa shape index (κ1) is 16.0. The van der Waals surface area contributed by atoms with Gasteiger partial charge >= 0.3 is 5.97 Å². The molecule has 1 N–H and O–H groups in total. The molecule has 0 bridgehead atoms. The maximum Gasteiger partial charge on any atom is 0.338 e. The molecule has 3 aliphatic rings. The minimum absolute atomic E-state index is 0.205. The molecule has 23 heavy (non-hydrogen) atoms. The minimum Gasteiger partial charge on any atom is -0.486 e. The van der Waals surface area contributed by atoms with Gasteiger partial charge in [-0.05, 0) is 18.4 Å². The number of halogens is 1. The maximum absolute atomic E-state index is 14.4. The largest absolute Gasteiger partial charge is 0.486 e. The average molecular weight is 318 g/mol. The number of aliphatic carboxylic acids is 1. The Morgan fingerprint density at radius 3 is 2.78 bits per heavy atom.